The number of hydrogen-bond acceptors (Lipinski definition) is 3. The van der Waals surface area contributed by atoms with Crippen molar-refractivity contribution >= 4 is 21.8 Å². The summed E-state index contributed by atoms with van der Waals surface area (Å²) in [4.78, 5) is 11.9. The molecule has 19 heavy (non-hydrogen) atoms. The van der Waals surface area contributed by atoms with Crippen LogP contribution in [0.4, 0.5) is 0 Å². The number of amides is 1. The predicted molar refractivity (Wildman–Crippen MR) is 75.9 cm³/mol. The lowest BCUT2D eigenvalue weighted by molar-refractivity contribution is 0.0952. The van der Waals surface area contributed by atoms with Crippen LogP contribution in [-0.2, 0) is 6.54 Å². The molecule has 0 fully saturated rings. The van der Waals surface area contributed by atoms with Gasteiger partial charge in [-0.25, -0.2) is 0 Å². The Hall–Kier alpha value is -1.69. The summed E-state index contributed by atoms with van der Waals surface area (Å²) in [6.45, 7) is 3.35. The topological polar surface area (TPSA) is 59.8 Å². The van der Waals surface area contributed by atoms with E-state index >= 15 is 0 Å². The molecule has 2 rings (SSSR count). The van der Waals surface area contributed by atoms with Crippen molar-refractivity contribution in [2.24, 2.45) is 0 Å². The van der Waals surface area contributed by atoms with Gasteiger partial charge in [0, 0.05) is 29.3 Å². The molecule has 0 unspecified atom stereocenters. The summed E-state index contributed by atoms with van der Waals surface area (Å²) in [5.41, 5.74) is 1.78. The van der Waals surface area contributed by atoms with Crippen LogP contribution in [-0.4, -0.2) is 27.4 Å². The number of aromatic nitrogens is 3. The van der Waals surface area contributed by atoms with E-state index in [9.17, 15) is 4.79 Å². The quantitative estimate of drug-likeness (QED) is 0.858. The zero-order valence-electron chi connectivity index (χ0n) is 10.6. The number of carbonyl (C=O) groups is 1. The number of rotatable bonds is 5. The molecule has 1 aromatic carbocycles. The molecule has 100 valence electrons. The number of halogens is 1. The van der Waals surface area contributed by atoms with E-state index in [0.29, 0.717) is 12.1 Å². The van der Waals surface area contributed by atoms with E-state index in [1.165, 1.54) is 0 Å². The van der Waals surface area contributed by atoms with Crippen molar-refractivity contribution in [3.8, 4) is 0 Å². The summed E-state index contributed by atoms with van der Waals surface area (Å²) in [6, 6.07) is 5.59. The smallest absolute Gasteiger partial charge is 0.251 e. The largest absolute Gasteiger partial charge is 0.352 e. The minimum Gasteiger partial charge on any atom is -0.352 e. The van der Waals surface area contributed by atoms with Crippen molar-refractivity contribution in [1.82, 2.24) is 20.3 Å². The molecule has 0 saturated heterocycles. The highest BCUT2D eigenvalue weighted by molar-refractivity contribution is 9.10. The first-order valence-electron chi connectivity index (χ1n) is 6.05. The average molecular weight is 323 g/mol. The Labute approximate surface area is 120 Å². The fourth-order valence-corrected chi connectivity index (χ4v) is 2.01. The third kappa shape index (κ3) is 3.89. The molecule has 0 aliphatic rings. The van der Waals surface area contributed by atoms with E-state index < -0.39 is 0 Å². The molecule has 6 heteroatoms. The summed E-state index contributed by atoms with van der Waals surface area (Å²) in [7, 11) is 0. The molecule has 0 saturated carbocycles. The van der Waals surface area contributed by atoms with E-state index in [0.717, 1.165) is 23.0 Å². The molecular weight excluding hydrogens is 308 g/mol. The maximum Gasteiger partial charge on any atom is 0.251 e. The zero-order chi connectivity index (χ0) is 13.7. The second-order valence-corrected chi connectivity index (χ2v) is 5.09. The minimum absolute atomic E-state index is 0.0562. The Morgan fingerprint density at radius 1 is 1.47 bits per heavy atom. The minimum atomic E-state index is -0.0562. The Morgan fingerprint density at radius 3 is 3.00 bits per heavy atom. The van der Waals surface area contributed by atoms with Crippen LogP contribution >= 0.6 is 15.9 Å². The molecule has 0 aliphatic carbocycles. The molecule has 2 aromatic rings. The molecule has 5 nitrogen and oxygen atoms in total. The van der Waals surface area contributed by atoms with Crippen molar-refractivity contribution < 1.29 is 4.79 Å². The fourth-order valence-electron chi connectivity index (χ4n) is 1.63. The van der Waals surface area contributed by atoms with Gasteiger partial charge in [-0.2, -0.15) is 0 Å². The van der Waals surface area contributed by atoms with Crippen molar-refractivity contribution in [2.45, 2.75) is 19.9 Å². The van der Waals surface area contributed by atoms with Crippen LogP contribution in [0, 0.1) is 6.92 Å². The van der Waals surface area contributed by atoms with E-state index in [1.54, 1.807) is 17.1 Å². The van der Waals surface area contributed by atoms with Gasteiger partial charge in [0.25, 0.3) is 5.91 Å². The Bertz CT molecular complexity index is 554. The third-order valence-electron chi connectivity index (χ3n) is 2.76. The van der Waals surface area contributed by atoms with Crippen LogP contribution in [0.25, 0.3) is 0 Å². The second-order valence-electron chi connectivity index (χ2n) is 4.24. The van der Waals surface area contributed by atoms with Gasteiger partial charge in [-0.3, -0.25) is 9.48 Å². The molecule has 1 N–H and O–H groups in total. The van der Waals surface area contributed by atoms with Gasteiger partial charge in [0.2, 0.25) is 0 Å². The molecule has 1 aromatic heterocycles. The van der Waals surface area contributed by atoms with Gasteiger partial charge in [-0.1, -0.05) is 27.2 Å². The van der Waals surface area contributed by atoms with Crippen LogP contribution in [0.1, 0.15) is 22.3 Å². The van der Waals surface area contributed by atoms with Gasteiger partial charge in [-0.15, -0.1) is 5.10 Å². The number of nitrogens with one attached hydrogen (secondary N) is 1. The first-order chi connectivity index (χ1) is 9.16. The Morgan fingerprint density at radius 2 is 2.32 bits per heavy atom. The molecule has 0 spiro atoms. The summed E-state index contributed by atoms with van der Waals surface area (Å²) in [5.74, 6) is -0.0562. The van der Waals surface area contributed by atoms with E-state index in [1.807, 2.05) is 25.1 Å². The van der Waals surface area contributed by atoms with Gasteiger partial charge in [0.1, 0.15) is 0 Å². The van der Waals surface area contributed by atoms with Gasteiger partial charge < -0.3 is 5.32 Å². The van der Waals surface area contributed by atoms with E-state index in [2.05, 4.69) is 31.6 Å². The van der Waals surface area contributed by atoms with Gasteiger partial charge in [-0.05, 0) is 31.0 Å². The van der Waals surface area contributed by atoms with Crippen molar-refractivity contribution in [3.63, 3.8) is 0 Å². The predicted octanol–water partition coefficient (Wildman–Crippen LogP) is 2.17. The maximum atomic E-state index is 11.9. The second kappa shape index (κ2) is 6.47. The van der Waals surface area contributed by atoms with Crippen molar-refractivity contribution in [1.29, 1.82) is 0 Å². The summed E-state index contributed by atoms with van der Waals surface area (Å²) in [5, 5.41) is 10.5. The molecule has 1 amide bonds. The van der Waals surface area contributed by atoms with Crippen LogP contribution < -0.4 is 5.32 Å². The zero-order valence-corrected chi connectivity index (χ0v) is 12.2. The molecule has 0 bridgehead atoms. The molecule has 0 aliphatic heterocycles. The summed E-state index contributed by atoms with van der Waals surface area (Å²) < 4.78 is 2.69. The summed E-state index contributed by atoms with van der Waals surface area (Å²) >= 11 is 3.42. The highest BCUT2D eigenvalue weighted by Crippen LogP contribution is 2.17. The first kappa shape index (κ1) is 13.7. The highest BCUT2D eigenvalue weighted by atomic mass is 79.9. The summed E-state index contributed by atoms with van der Waals surface area (Å²) in [6.07, 6.45) is 4.27. The monoisotopic (exact) mass is 322 g/mol. The number of hydrogen-bond donors (Lipinski definition) is 1. The van der Waals surface area contributed by atoms with E-state index in [-0.39, 0.29) is 5.91 Å². The Balaban J connectivity index is 1.79. The average Bonchev–Trinajstić information content (AvgIpc) is 2.91. The lowest BCUT2D eigenvalue weighted by atomic mass is 10.1. The van der Waals surface area contributed by atoms with Crippen molar-refractivity contribution in [2.75, 3.05) is 6.54 Å². The SMILES string of the molecule is Cc1ccc(C(=O)NCCCn2ccnn2)cc1Br. The van der Waals surface area contributed by atoms with Crippen LogP contribution in [0.15, 0.2) is 35.1 Å². The lowest BCUT2D eigenvalue weighted by Gasteiger charge is -2.06. The van der Waals surface area contributed by atoms with Gasteiger partial charge in [0.15, 0.2) is 0 Å². The van der Waals surface area contributed by atoms with Crippen molar-refractivity contribution in [3.05, 3.63) is 46.2 Å². The van der Waals surface area contributed by atoms with Crippen LogP contribution in [0.2, 0.25) is 0 Å². The normalized spacial score (nSPS) is 10.4. The first-order valence-corrected chi connectivity index (χ1v) is 6.84. The number of aryl methyl sites for hydroxylation is 2. The lowest BCUT2D eigenvalue weighted by Crippen LogP contribution is -2.25. The standard InChI is InChI=1S/C13H15BrN4O/c1-10-3-4-11(9-12(10)14)13(19)15-5-2-7-18-8-6-16-17-18/h3-4,6,8-9H,2,5,7H2,1H3,(H,15,19). The number of benzene rings is 1. The Kier molecular flexibility index (Phi) is 4.68. The third-order valence-corrected chi connectivity index (χ3v) is 3.61. The number of nitrogens with zero attached hydrogens (tertiary/aromatic N) is 3. The molecule has 0 atom stereocenters. The number of carbonyl (C=O) groups excluding carboxylic acids is 1. The molecular formula is C13H15BrN4O. The van der Waals surface area contributed by atoms with Crippen LogP contribution in [0.5, 0.6) is 0 Å². The molecule has 0 radical (unpaired) electrons. The highest BCUT2D eigenvalue weighted by Gasteiger charge is 2.06. The fraction of sp³-hybridized carbons (Fsp3) is 0.308. The molecule has 1 heterocycles. The maximum absolute atomic E-state index is 11.9. The van der Waals surface area contributed by atoms with Gasteiger partial charge >= 0.3 is 0 Å². The van der Waals surface area contributed by atoms with Gasteiger partial charge in [0.05, 0.1) is 6.20 Å². The van der Waals surface area contributed by atoms with E-state index in [4.69, 9.17) is 0 Å². The van der Waals surface area contributed by atoms with Crippen LogP contribution in [0.3, 0.4) is 0 Å².